The van der Waals surface area contributed by atoms with Crippen LogP contribution in [0.5, 0.6) is 0 Å². The van der Waals surface area contributed by atoms with Gasteiger partial charge in [0, 0.05) is 12.1 Å². The minimum atomic E-state index is -0.197. The fourth-order valence-corrected chi connectivity index (χ4v) is 2.88. The molecule has 0 saturated carbocycles. The summed E-state index contributed by atoms with van der Waals surface area (Å²) in [6.07, 6.45) is 3.21. The van der Waals surface area contributed by atoms with Gasteiger partial charge in [0.2, 0.25) is 11.7 Å². The maximum atomic E-state index is 12.5. The van der Waals surface area contributed by atoms with Crippen LogP contribution in [0.15, 0.2) is 57.7 Å². The van der Waals surface area contributed by atoms with Crippen LogP contribution >= 0.6 is 0 Å². The molecular formula is C17H15N3O3. The zero-order chi connectivity index (χ0) is 15.6. The molecule has 4 rings (SSSR count). The molecule has 1 amide bonds. The topological polar surface area (TPSA) is 72.4 Å². The predicted molar refractivity (Wildman–Crippen MR) is 81.5 cm³/mol. The molecule has 0 bridgehead atoms. The van der Waals surface area contributed by atoms with Gasteiger partial charge < -0.3 is 13.8 Å². The Kier molecular flexibility index (Phi) is 3.42. The zero-order valence-corrected chi connectivity index (χ0v) is 12.4. The minimum absolute atomic E-state index is 0.142. The van der Waals surface area contributed by atoms with Crippen LogP contribution in [-0.2, 0) is 0 Å². The molecule has 0 radical (unpaired) electrons. The van der Waals surface area contributed by atoms with Crippen molar-refractivity contribution < 1.29 is 13.7 Å². The van der Waals surface area contributed by atoms with Gasteiger partial charge in [-0.2, -0.15) is 4.98 Å². The van der Waals surface area contributed by atoms with E-state index in [4.69, 9.17) is 8.94 Å². The molecule has 116 valence electrons. The van der Waals surface area contributed by atoms with Crippen LogP contribution in [0.3, 0.4) is 0 Å². The number of carbonyl (C=O) groups is 1. The monoisotopic (exact) mass is 309 g/mol. The van der Waals surface area contributed by atoms with Crippen LogP contribution < -0.4 is 0 Å². The van der Waals surface area contributed by atoms with Gasteiger partial charge >= 0.3 is 0 Å². The Morgan fingerprint density at radius 2 is 2.04 bits per heavy atom. The van der Waals surface area contributed by atoms with E-state index in [0.29, 0.717) is 24.0 Å². The van der Waals surface area contributed by atoms with Crippen molar-refractivity contribution in [1.82, 2.24) is 15.0 Å². The third-order valence-electron chi connectivity index (χ3n) is 4.00. The van der Waals surface area contributed by atoms with E-state index in [2.05, 4.69) is 10.1 Å². The molecule has 0 spiro atoms. The summed E-state index contributed by atoms with van der Waals surface area (Å²) in [5.41, 5.74) is 0.893. The number of rotatable bonds is 3. The molecule has 2 aromatic heterocycles. The van der Waals surface area contributed by atoms with E-state index in [-0.39, 0.29) is 11.9 Å². The minimum Gasteiger partial charge on any atom is -0.459 e. The highest BCUT2D eigenvalue weighted by atomic mass is 16.5. The fourth-order valence-electron chi connectivity index (χ4n) is 2.88. The largest absolute Gasteiger partial charge is 0.459 e. The lowest BCUT2D eigenvalue weighted by Gasteiger charge is -2.20. The lowest BCUT2D eigenvalue weighted by Crippen LogP contribution is -2.30. The number of hydrogen-bond donors (Lipinski definition) is 0. The maximum Gasteiger partial charge on any atom is 0.290 e. The van der Waals surface area contributed by atoms with Gasteiger partial charge in [-0.1, -0.05) is 35.5 Å². The molecule has 1 aliphatic heterocycles. The molecule has 1 atom stereocenters. The standard InChI is InChI=1S/C17H15N3O3/c21-17(14-9-5-11-22-14)20-10-4-8-13(20)16-18-15(19-23-16)12-6-2-1-3-7-12/h1-3,5-7,9,11,13H,4,8,10H2/t13-/m1/s1. The second-order valence-corrected chi connectivity index (χ2v) is 5.46. The van der Waals surface area contributed by atoms with E-state index in [0.717, 1.165) is 18.4 Å². The smallest absolute Gasteiger partial charge is 0.290 e. The summed E-state index contributed by atoms with van der Waals surface area (Å²) in [5.74, 6) is 1.20. The first kappa shape index (κ1) is 13.8. The number of benzene rings is 1. The second kappa shape index (κ2) is 5.72. The van der Waals surface area contributed by atoms with Crippen molar-refractivity contribution in [2.24, 2.45) is 0 Å². The maximum absolute atomic E-state index is 12.5. The lowest BCUT2D eigenvalue weighted by molar-refractivity contribution is 0.0678. The molecule has 0 unspecified atom stereocenters. The molecule has 0 N–H and O–H groups in total. The number of carbonyl (C=O) groups excluding carboxylic acids is 1. The van der Waals surface area contributed by atoms with Gasteiger partial charge in [0.05, 0.1) is 6.26 Å². The second-order valence-electron chi connectivity index (χ2n) is 5.46. The van der Waals surface area contributed by atoms with E-state index in [1.165, 1.54) is 6.26 Å². The Hall–Kier alpha value is -2.89. The highest BCUT2D eigenvalue weighted by Gasteiger charge is 2.35. The van der Waals surface area contributed by atoms with E-state index in [1.54, 1.807) is 17.0 Å². The normalized spacial score (nSPS) is 17.6. The van der Waals surface area contributed by atoms with Crippen LogP contribution in [-0.4, -0.2) is 27.5 Å². The average molecular weight is 309 g/mol. The molecule has 3 aromatic rings. The number of amides is 1. The molecule has 3 heterocycles. The number of likely N-dealkylation sites (tertiary alicyclic amines) is 1. The average Bonchev–Trinajstić information content (AvgIpc) is 3.35. The Morgan fingerprint density at radius 3 is 2.83 bits per heavy atom. The molecule has 0 aliphatic carbocycles. The van der Waals surface area contributed by atoms with Gasteiger partial charge in [0.15, 0.2) is 5.76 Å². The van der Waals surface area contributed by atoms with E-state index in [9.17, 15) is 4.79 Å². The molecular weight excluding hydrogens is 294 g/mol. The molecule has 6 nitrogen and oxygen atoms in total. The van der Waals surface area contributed by atoms with Crippen molar-refractivity contribution in [1.29, 1.82) is 0 Å². The van der Waals surface area contributed by atoms with E-state index < -0.39 is 0 Å². The van der Waals surface area contributed by atoms with Crippen LogP contribution in [0.2, 0.25) is 0 Å². The first-order valence-corrected chi connectivity index (χ1v) is 7.56. The summed E-state index contributed by atoms with van der Waals surface area (Å²) in [6, 6.07) is 12.8. The zero-order valence-electron chi connectivity index (χ0n) is 12.4. The Bertz CT molecular complexity index is 796. The van der Waals surface area contributed by atoms with Gasteiger partial charge in [-0.05, 0) is 25.0 Å². The summed E-state index contributed by atoms with van der Waals surface area (Å²) >= 11 is 0. The number of hydrogen-bond acceptors (Lipinski definition) is 5. The molecule has 23 heavy (non-hydrogen) atoms. The van der Waals surface area contributed by atoms with Gasteiger partial charge in [-0.15, -0.1) is 0 Å². The Labute approximate surface area is 132 Å². The first-order valence-electron chi connectivity index (χ1n) is 7.56. The third kappa shape index (κ3) is 2.52. The van der Waals surface area contributed by atoms with Crippen LogP contribution in [0.1, 0.15) is 35.3 Å². The summed E-state index contributed by atoms with van der Waals surface area (Å²) in [6.45, 7) is 0.660. The lowest BCUT2D eigenvalue weighted by atomic mass is 10.2. The molecule has 6 heteroatoms. The summed E-state index contributed by atoms with van der Waals surface area (Å²) in [4.78, 5) is 18.7. The molecule has 1 saturated heterocycles. The first-order chi connectivity index (χ1) is 11.3. The van der Waals surface area contributed by atoms with Crippen molar-refractivity contribution in [2.75, 3.05) is 6.54 Å². The van der Waals surface area contributed by atoms with Crippen LogP contribution in [0.25, 0.3) is 11.4 Å². The summed E-state index contributed by atoms with van der Waals surface area (Å²) in [7, 11) is 0. The third-order valence-corrected chi connectivity index (χ3v) is 4.00. The number of furan rings is 1. The van der Waals surface area contributed by atoms with Gasteiger partial charge in [-0.3, -0.25) is 4.79 Å². The molecule has 1 aliphatic rings. The van der Waals surface area contributed by atoms with E-state index in [1.807, 2.05) is 30.3 Å². The van der Waals surface area contributed by atoms with Crippen molar-refractivity contribution in [3.05, 3.63) is 60.4 Å². The highest BCUT2D eigenvalue weighted by molar-refractivity contribution is 5.91. The van der Waals surface area contributed by atoms with Crippen molar-refractivity contribution in [2.45, 2.75) is 18.9 Å². The quantitative estimate of drug-likeness (QED) is 0.742. The molecule has 1 aromatic carbocycles. The number of aromatic nitrogens is 2. The molecule has 1 fully saturated rings. The van der Waals surface area contributed by atoms with Crippen molar-refractivity contribution in [3.8, 4) is 11.4 Å². The summed E-state index contributed by atoms with van der Waals surface area (Å²) in [5, 5.41) is 4.04. The Morgan fingerprint density at radius 1 is 1.17 bits per heavy atom. The number of nitrogens with zero attached hydrogens (tertiary/aromatic N) is 3. The fraction of sp³-hybridized carbons (Fsp3) is 0.235. The Balaban J connectivity index is 1.60. The van der Waals surface area contributed by atoms with E-state index >= 15 is 0 Å². The van der Waals surface area contributed by atoms with Gasteiger partial charge in [0.25, 0.3) is 5.91 Å². The SMILES string of the molecule is O=C(c1ccco1)N1CCC[C@@H]1c1nc(-c2ccccc2)no1. The highest BCUT2D eigenvalue weighted by Crippen LogP contribution is 2.33. The van der Waals surface area contributed by atoms with Crippen molar-refractivity contribution in [3.63, 3.8) is 0 Å². The predicted octanol–water partition coefficient (Wildman–Crippen LogP) is 3.31. The van der Waals surface area contributed by atoms with Gasteiger partial charge in [0.1, 0.15) is 6.04 Å². The van der Waals surface area contributed by atoms with Crippen LogP contribution in [0, 0.1) is 0 Å². The van der Waals surface area contributed by atoms with Gasteiger partial charge in [-0.25, -0.2) is 0 Å². The van der Waals surface area contributed by atoms with Crippen LogP contribution in [0.4, 0.5) is 0 Å². The summed E-state index contributed by atoms with van der Waals surface area (Å²) < 4.78 is 10.6. The van der Waals surface area contributed by atoms with Crippen molar-refractivity contribution >= 4 is 5.91 Å².